The molecule has 7 heteroatoms. The van der Waals surface area contributed by atoms with Gasteiger partial charge >= 0.3 is 0 Å². The Morgan fingerprint density at radius 3 is 2.65 bits per heavy atom. The van der Waals surface area contributed by atoms with Gasteiger partial charge in [-0.05, 0) is 31.2 Å². The van der Waals surface area contributed by atoms with Gasteiger partial charge in [0.15, 0.2) is 5.17 Å². The van der Waals surface area contributed by atoms with Crippen LogP contribution in [0.2, 0.25) is 0 Å². The molecule has 1 fully saturated rings. The Bertz CT molecular complexity index is 559. The minimum Gasteiger partial charge on any atom is -0.550 e. The highest BCUT2D eigenvalue weighted by atomic mass is 32.2. The number of carboxylic acid groups (broad SMARTS) is 1. The Kier molecular flexibility index (Phi) is 4.39. The van der Waals surface area contributed by atoms with Gasteiger partial charge in [0.2, 0.25) is 5.91 Å². The van der Waals surface area contributed by atoms with Crippen molar-refractivity contribution in [2.24, 2.45) is 4.99 Å². The fraction of sp³-hybridized carbons (Fsp3) is 0.308. The second-order valence-electron chi connectivity index (χ2n) is 4.14. The highest BCUT2D eigenvalue weighted by Crippen LogP contribution is 2.31. The second kappa shape index (κ2) is 6.04. The molecular weight excluding hydrogens is 283 g/mol. The highest BCUT2D eigenvalue weighted by molar-refractivity contribution is 8.15. The number of carbonyl (C=O) groups excluding carboxylic acids is 2. The van der Waals surface area contributed by atoms with Crippen molar-refractivity contribution in [2.75, 3.05) is 6.54 Å². The van der Waals surface area contributed by atoms with Gasteiger partial charge in [0, 0.05) is 18.9 Å². The summed E-state index contributed by atoms with van der Waals surface area (Å²) in [6, 6.07) is 5.53. The van der Waals surface area contributed by atoms with Crippen LogP contribution in [-0.2, 0) is 9.59 Å². The van der Waals surface area contributed by atoms with Gasteiger partial charge in [0.1, 0.15) is 5.82 Å². The molecule has 1 aromatic carbocycles. The van der Waals surface area contributed by atoms with E-state index in [0.29, 0.717) is 17.4 Å². The highest BCUT2D eigenvalue weighted by Gasteiger charge is 2.36. The first-order valence-corrected chi connectivity index (χ1v) is 6.91. The van der Waals surface area contributed by atoms with Gasteiger partial charge in [0.05, 0.1) is 10.9 Å². The predicted molar refractivity (Wildman–Crippen MR) is 71.9 cm³/mol. The lowest BCUT2D eigenvalue weighted by molar-refractivity contribution is -0.305. The van der Waals surface area contributed by atoms with E-state index in [1.165, 1.54) is 29.2 Å². The number of carboxylic acids is 1. The van der Waals surface area contributed by atoms with Gasteiger partial charge in [0.25, 0.3) is 0 Å². The molecule has 0 spiro atoms. The van der Waals surface area contributed by atoms with Crippen LogP contribution < -0.4 is 5.11 Å². The van der Waals surface area contributed by atoms with E-state index in [1.807, 2.05) is 0 Å². The van der Waals surface area contributed by atoms with E-state index >= 15 is 0 Å². The molecule has 2 rings (SSSR count). The zero-order valence-electron chi connectivity index (χ0n) is 10.7. The summed E-state index contributed by atoms with van der Waals surface area (Å²) < 4.78 is 12.8. The van der Waals surface area contributed by atoms with Crippen LogP contribution in [0, 0.1) is 5.82 Å². The van der Waals surface area contributed by atoms with E-state index < -0.39 is 11.2 Å². The van der Waals surface area contributed by atoms with E-state index in [0.717, 1.165) is 11.8 Å². The minimum absolute atomic E-state index is 0.289. The molecule has 0 saturated carbocycles. The van der Waals surface area contributed by atoms with Crippen LogP contribution in [-0.4, -0.2) is 33.7 Å². The molecule has 1 saturated heterocycles. The first kappa shape index (κ1) is 14.5. The maximum absolute atomic E-state index is 12.8. The molecule has 1 aliphatic heterocycles. The largest absolute Gasteiger partial charge is 0.550 e. The lowest BCUT2D eigenvalue weighted by atomic mass is 10.3. The van der Waals surface area contributed by atoms with Gasteiger partial charge in [-0.25, -0.2) is 9.38 Å². The van der Waals surface area contributed by atoms with Crippen LogP contribution >= 0.6 is 11.8 Å². The molecule has 1 atom stereocenters. The second-order valence-corrected chi connectivity index (χ2v) is 5.31. The third-order valence-electron chi connectivity index (χ3n) is 2.74. The molecule has 0 unspecified atom stereocenters. The summed E-state index contributed by atoms with van der Waals surface area (Å²) in [7, 11) is 0. The summed E-state index contributed by atoms with van der Waals surface area (Å²) in [4.78, 5) is 28.3. The Morgan fingerprint density at radius 2 is 2.10 bits per heavy atom. The van der Waals surface area contributed by atoms with Crippen LogP contribution in [0.5, 0.6) is 0 Å². The van der Waals surface area contributed by atoms with Crippen LogP contribution in [0.4, 0.5) is 10.1 Å². The zero-order valence-corrected chi connectivity index (χ0v) is 11.5. The summed E-state index contributed by atoms with van der Waals surface area (Å²) in [5.74, 6) is -1.93. The van der Waals surface area contributed by atoms with Gasteiger partial charge in [-0.3, -0.25) is 9.69 Å². The van der Waals surface area contributed by atoms with E-state index in [-0.39, 0.29) is 18.1 Å². The van der Waals surface area contributed by atoms with Crippen LogP contribution in [0.3, 0.4) is 0 Å². The van der Waals surface area contributed by atoms with Crippen molar-refractivity contribution in [1.29, 1.82) is 0 Å². The summed E-state index contributed by atoms with van der Waals surface area (Å²) in [5.41, 5.74) is 0.509. The average Bonchev–Trinajstić information content (AvgIpc) is 2.67. The first-order chi connectivity index (χ1) is 9.51. The fourth-order valence-electron chi connectivity index (χ4n) is 1.79. The Morgan fingerprint density at radius 1 is 1.45 bits per heavy atom. The monoisotopic (exact) mass is 295 g/mol. The van der Waals surface area contributed by atoms with E-state index in [9.17, 15) is 19.1 Å². The maximum atomic E-state index is 12.8. The summed E-state index contributed by atoms with van der Waals surface area (Å²) in [5, 5.41) is 10.3. The quantitative estimate of drug-likeness (QED) is 0.828. The standard InChI is InChI=1S/C13H13FN2O3S/c1-2-16-12(19)10(7-11(17)18)20-13(16)15-9-5-3-8(14)4-6-9/h3-6,10H,2,7H2,1H3,(H,17,18)/p-1/t10-/m0/s1. The van der Waals surface area contributed by atoms with Crippen molar-refractivity contribution in [2.45, 2.75) is 18.6 Å². The molecule has 0 radical (unpaired) electrons. The molecule has 1 amide bonds. The Labute approximate surface area is 119 Å². The number of hydrogen-bond acceptors (Lipinski definition) is 5. The average molecular weight is 295 g/mol. The molecule has 106 valence electrons. The lowest BCUT2D eigenvalue weighted by Crippen LogP contribution is -2.34. The minimum atomic E-state index is -1.27. The fourth-order valence-corrected chi connectivity index (χ4v) is 3.00. The van der Waals surface area contributed by atoms with Crippen molar-refractivity contribution in [3.05, 3.63) is 30.1 Å². The molecule has 0 N–H and O–H groups in total. The number of amides is 1. The molecule has 0 aliphatic carbocycles. The van der Waals surface area contributed by atoms with E-state index in [2.05, 4.69) is 4.99 Å². The number of thioether (sulfide) groups is 1. The summed E-state index contributed by atoms with van der Waals surface area (Å²) in [6.07, 6.45) is -0.345. The van der Waals surface area contributed by atoms with E-state index in [4.69, 9.17) is 0 Å². The third kappa shape index (κ3) is 3.16. The SMILES string of the molecule is CCN1C(=O)[C@H](CC(=O)[O-])SC1=Nc1ccc(F)cc1. The molecule has 20 heavy (non-hydrogen) atoms. The number of carbonyl (C=O) groups is 2. The summed E-state index contributed by atoms with van der Waals surface area (Å²) >= 11 is 1.09. The molecule has 0 bridgehead atoms. The van der Waals surface area contributed by atoms with Gasteiger partial charge < -0.3 is 9.90 Å². The lowest BCUT2D eigenvalue weighted by Gasteiger charge is -2.13. The van der Waals surface area contributed by atoms with Gasteiger partial charge in [-0.15, -0.1) is 0 Å². The van der Waals surface area contributed by atoms with Crippen molar-refractivity contribution in [3.63, 3.8) is 0 Å². The number of aliphatic imine (C=N–C) groups is 1. The number of aliphatic carboxylic acids is 1. The number of halogens is 1. The normalized spacial score (nSPS) is 20.7. The maximum Gasteiger partial charge on any atom is 0.242 e. The van der Waals surface area contributed by atoms with Gasteiger partial charge in [-0.1, -0.05) is 11.8 Å². The number of rotatable bonds is 4. The summed E-state index contributed by atoms with van der Waals surface area (Å²) in [6.45, 7) is 2.18. The third-order valence-corrected chi connectivity index (χ3v) is 3.92. The van der Waals surface area contributed by atoms with Crippen molar-refractivity contribution < 1.29 is 19.1 Å². The topological polar surface area (TPSA) is 72.8 Å². The number of hydrogen-bond donors (Lipinski definition) is 0. The molecule has 1 aromatic rings. The van der Waals surface area contributed by atoms with Crippen LogP contribution in [0.1, 0.15) is 13.3 Å². The predicted octanol–water partition coefficient (Wildman–Crippen LogP) is 0.917. The van der Waals surface area contributed by atoms with Crippen molar-refractivity contribution in [1.82, 2.24) is 4.90 Å². The Balaban J connectivity index is 2.24. The first-order valence-electron chi connectivity index (χ1n) is 6.03. The number of amidine groups is 1. The van der Waals surface area contributed by atoms with E-state index in [1.54, 1.807) is 6.92 Å². The number of benzene rings is 1. The van der Waals surface area contributed by atoms with Crippen LogP contribution in [0.15, 0.2) is 29.3 Å². The molecule has 1 aliphatic rings. The smallest absolute Gasteiger partial charge is 0.242 e. The molecular formula is C13H12FN2O3S-. The molecule has 0 aromatic heterocycles. The molecule has 1 heterocycles. The number of nitrogens with zero attached hydrogens (tertiary/aromatic N) is 2. The molecule has 5 nitrogen and oxygen atoms in total. The van der Waals surface area contributed by atoms with Crippen LogP contribution in [0.25, 0.3) is 0 Å². The zero-order chi connectivity index (χ0) is 14.7. The van der Waals surface area contributed by atoms with Crippen molar-refractivity contribution in [3.8, 4) is 0 Å². The van der Waals surface area contributed by atoms with Gasteiger partial charge in [-0.2, -0.15) is 0 Å². The Hall–Kier alpha value is -1.89. The van der Waals surface area contributed by atoms with Crippen molar-refractivity contribution >= 4 is 34.5 Å².